The van der Waals surface area contributed by atoms with Crippen LogP contribution < -0.4 is 5.32 Å². The van der Waals surface area contributed by atoms with Crippen LogP contribution in [-0.2, 0) is 12.6 Å². The highest BCUT2D eigenvalue weighted by atomic mass is 19.4. The van der Waals surface area contributed by atoms with Crippen LogP contribution in [0.25, 0.3) is 0 Å². The van der Waals surface area contributed by atoms with E-state index < -0.39 is 11.7 Å². The summed E-state index contributed by atoms with van der Waals surface area (Å²) >= 11 is 0. The van der Waals surface area contributed by atoms with E-state index in [2.05, 4.69) is 19.2 Å². The van der Waals surface area contributed by atoms with Crippen molar-refractivity contribution in [2.75, 3.05) is 6.54 Å². The standard InChI is InChI=1S/C14H20F3N/c1-10(2)18-9-11(3)7-12-5-4-6-13(8-12)14(15,16)17/h4-6,8,10-11,18H,7,9H2,1-3H3. The van der Waals surface area contributed by atoms with Gasteiger partial charge >= 0.3 is 6.18 Å². The molecule has 1 aromatic carbocycles. The molecule has 0 aliphatic heterocycles. The van der Waals surface area contributed by atoms with E-state index >= 15 is 0 Å². The first-order chi connectivity index (χ1) is 8.29. The van der Waals surface area contributed by atoms with Crippen LogP contribution in [0.2, 0.25) is 0 Å². The van der Waals surface area contributed by atoms with Crippen LogP contribution in [0.15, 0.2) is 24.3 Å². The third kappa shape index (κ3) is 5.08. The van der Waals surface area contributed by atoms with E-state index in [4.69, 9.17) is 0 Å². The maximum absolute atomic E-state index is 12.5. The molecule has 0 saturated carbocycles. The van der Waals surface area contributed by atoms with Crippen LogP contribution in [0, 0.1) is 5.92 Å². The van der Waals surface area contributed by atoms with Crippen molar-refractivity contribution >= 4 is 0 Å². The second-order valence-electron chi connectivity index (χ2n) is 5.07. The predicted molar refractivity (Wildman–Crippen MR) is 67.5 cm³/mol. The monoisotopic (exact) mass is 259 g/mol. The molecular weight excluding hydrogens is 239 g/mol. The number of alkyl halides is 3. The minimum atomic E-state index is -4.25. The first-order valence-corrected chi connectivity index (χ1v) is 6.18. The topological polar surface area (TPSA) is 12.0 Å². The number of benzene rings is 1. The Morgan fingerprint density at radius 2 is 1.83 bits per heavy atom. The van der Waals surface area contributed by atoms with Gasteiger partial charge in [-0.05, 0) is 30.5 Å². The predicted octanol–water partition coefficient (Wildman–Crippen LogP) is 3.88. The molecule has 1 N–H and O–H groups in total. The minimum absolute atomic E-state index is 0.316. The molecule has 1 aromatic rings. The molecule has 0 heterocycles. The lowest BCUT2D eigenvalue weighted by molar-refractivity contribution is -0.137. The Bertz CT molecular complexity index is 372. The highest BCUT2D eigenvalue weighted by Gasteiger charge is 2.30. The van der Waals surface area contributed by atoms with Gasteiger partial charge in [0.05, 0.1) is 5.56 Å². The van der Waals surface area contributed by atoms with Crippen molar-refractivity contribution in [1.82, 2.24) is 5.32 Å². The van der Waals surface area contributed by atoms with Crippen molar-refractivity contribution in [3.63, 3.8) is 0 Å². The number of halogens is 3. The lowest BCUT2D eigenvalue weighted by Crippen LogP contribution is -2.28. The summed E-state index contributed by atoms with van der Waals surface area (Å²) in [6.07, 6.45) is -3.60. The summed E-state index contributed by atoms with van der Waals surface area (Å²) in [6, 6.07) is 5.97. The molecule has 4 heteroatoms. The highest BCUT2D eigenvalue weighted by Crippen LogP contribution is 2.29. The Balaban J connectivity index is 2.62. The van der Waals surface area contributed by atoms with Crippen molar-refractivity contribution in [2.24, 2.45) is 5.92 Å². The van der Waals surface area contributed by atoms with Gasteiger partial charge in [-0.2, -0.15) is 13.2 Å². The van der Waals surface area contributed by atoms with Crippen LogP contribution in [0.3, 0.4) is 0 Å². The fraction of sp³-hybridized carbons (Fsp3) is 0.571. The third-order valence-electron chi connectivity index (χ3n) is 2.71. The molecule has 1 rings (SSSR count). The zero-order chi connectivity index (χ0) is 13.8. The highest BCUT2D eigenvalue weighted by molar-refractivity contribution is 5.25. The quantitative estimate of drug-likeness (QED) is 0.846. The largest absolute Gasteiger partial charge is 0.416 e. The normalized spacial score (nSPS) is 13.9. The number of hydrogen-bond acceptors (Lipinski definition) is 1. The van der Waals surface area contributed by atoms with Crippen molar-refractivity contribution in [3.05, 3.63) is 35.4 Å². The Morgan fingerprint density at radius 1 is 1.17 bits per heavy atom. The maximum atomic E-state index is 12.5. The SMILES string of the molecule is CC(CNC(C)C)Cc1cccc(C(F)(F)F)c1. The first-order valence-electron chi connectivity index (χ1n) is 6.18. The Labute approximate surface area is 106 Å². The van der Waals surface area contributed by atoms with E-state index in [9.17, 15) is 13.2 Å². The van der Waals surface area contributed by atoms with Crippen molar-refractivity contribution in [3.8, 4) is 0 Å². The van der Waals surface area contributed by atoms with E-state index in [1.807, 2.05) is 6.92 Å². The second-order valence-corrected chi connectivity index (χ2v) is 5.07. The summed E-state index contributed by atoms with van der Waals surface area (Å²) in [5, 5.41) is 3.29. The molecule has 0 aromatic heterocycles. The third-order valence-corrected chi connectivity index (χ3v) is 2.71. The molecule has 1 nitrogen and oxygen atoms in total. The lowest BCUT2D eigenvalue weighted by atomic mass is 9.99. The molecule has 0 bridgehead atoms. The lowest BCUT2D eigenvalue weighted by Gasteiger charge is -2.15. The molecule has 1 atom stereocenters. The average Bonchev–Trinajstić information content (AvgIpc) is 2.25. The summed E-state index contributed by atoms with van der Waals surface area (Å²) in [4.78, 5) is 0. The van der Waals surface area contributed by atoms with E-state index in [0.717, 1.165) is 18.2 Å². The second kappa shape index (κ2) is 6.23. The molecule has 0 saturated heterocycles. The molecule has 0 aliphatic carbocycles. The molecule has 0 amide bonds. The van der Waals surface area contributed by atoms with Crippen molar-refractivity contribution in [2.45, 2.75) is 39.4 Å². The molecule has 0 spiro atoms. The van der Waals surface area contributed by atoms with Gasteiger partial charge in [0.25, 0.3) is 0 Å². The van der Waals surface area contributed by atoms with Crippen molar-refractivity contribution in [1.29, 1.82) is 0 Å². The smallest absolute Gasteiger partial charge is 0.314 e. The van der Waals surface area contributed by atoms with Gasteiger partial charge in [-0.1, -0.05) is 39.0 Å². The number of rotatable bonds is 5. The van der Waals surface area contributed by atoms with Gasteiger partial charge in [0.1, 0.15) is 0 Å². The molecule has 0 fully saturated rings. The number of nitrogens with one attached hydrogen (secondary N) is 1. The van der Waals surface area contributed by atoms with Crippen molar-refractivity contribution < 1.29 is 13.2 Å². The maximum Gasteiger partial charge on any atom is 0.416 e. The number of hydrogen-bond donors (Lipinski definition) is 1. The summed E-state index contributed by atoms with van der Waals surface area (Å²) in [7, 11) is 0. The van der Waals surface area contributed by atoms with Crippen LogP contribution in [0.1, 0.15) is 31.9 Å². The van der Waals surface area contributed by atoms with Gasteiger partial charge in [0, 0.05) is 6.04 Å². The molecule has 1 unspecified atom stereocenters. The van der Waals surface area contributed by atoms with E-state index in [1.165, 1.54) is 12.1 Å². The van der Waals surface area contributed by atoms with E-state index in [-0.39, 0.29) is 0 Å². The molecule has 0 aliphatic rings. The fourth-order valence-corrected chi connectivity index (χ4v) is 1.79. The summed E-state index contributed by atoms with van der Waals surface area (Å²) in [5.74, 6) is 0.316. The Morgan fingerprint density at radius 3 is 2.39 bits per heavy atom. The molecule has 102 valence electrons. The van der Waals surface area contributed by atoms with Gasteiger partial charge in [-0.15, -0.1) is 0 Å². The molecule has 18 heavy (non-hydrogen) atoms. The van der Waals surface area contributed by atoms with Gasteiger partial charge < -0.3 is 5.32 Å². The summed E-state index contributed by atoms with van der Waals surface area (Å²) in [6.45, 7) is 6.96. The Kier molecular flexibility index (Phi) is 5.20. The first kappa shape index (κ1) is 15.0. The van der Waals surface area contributed by atoms with Crippen LogP contribution in [0.5, 0.6) is 0 Å². The van der Waals surface area contributed by atoms with E-state index in [1.54, 1.807) is 6.07 Å². The minimum Gasteiger partial charge on any atom is -0.314 e. The van der Waals surface area contributed by atoms with Crippen LogP contribution >= 0.6 is 0 Å². The fourth-order valence-electron chi connectivity index (χ4n) is 1.79. The van der Waals surface area contributed by atoms with Crippen LogP contribution in [0.4, 0.5) is 13.2 Å². The molecule has 0 radical (unpaired) electrons. The van der Waals surface area contributed by atoms with E-state index in [0.29, 0.717) is 18.4 Å². The zero-order valence-corrected chi connectivity index (χ0v) is 11.0. The van der Waals surface area contributed by atoms with Gasteiger partial charge in [0.15, 0.2) is 0 Å². The molecular formula is C14H20F3N. The average molecular weight is 259 g/mol. The summed E-state index contributed by atoms with van der Waals surface area (Å²) < 4.78 is 37.6. The zero-order valence-electron chi connectivity index (χ0n) is 11.0. The van der Waals surface area contributed by atoms with Gasteiger partial charge in [-0.25, -0.2) is 0 Å². The van der Waals surface area contributed by atoms with Gasteiger partial charge in [-0.3, -0.25) is 0 Å². The Hall–Kier alpha value is -1.03. The summed E-state index contributed by atoms with van der Waals surface area (Å²) in [5.41, 5.74) is 0.173. The van der Waals surface area contributed by atoms with Gasteiger partial charge in [0.2, 0.25) is 0 Å². The van der Waals surface area contributed by atoms with Crippen LogP contribution in [-0.4, -0.2) is 12.6 Å².